The number of fused-ring (bicyclic) bond motifs is 1. The van der Waals surface area contributed by atoms with E-state index in [9.17, 15) is 4.79 Å². The maximum Gasteiger partial charge on any atom is 0.274 e. The molecule has 7 heteroatoms. The molecule has 1 heterocycles. The Kier molecular flexibility index (Phi) is 5.38. The smallest absolute Gasteiger partial charge is 0.274 e. The first-order valence-corrected chi connectivity index (χ1v) is 9.33. The van der Waals surface area contributed by atoms with Gasteiger partial charge in [0.05, 0.1) is 11.3 Å². The lowest BCUT2D eigenvalue weighted by molar-refractivity contribution is 0.102. The van der Waals surface area contributed by atoms with Crippen molar-refractivity contribution in [2.24, 2.45) is 10.7 Å². The highest BCUT2D eigenvalue weighted by Gasteiger charge is 2.10. The number of nitriles is 1. The fourth-order valence-electron chi connectivity index (χ4n) is 2.58. The second kappa shape index (κ2) is 7.89. The average Bonchev–Trinajstić information content (AvgIpc) is 2.70. The summed E-state index contributed by atoms with van der Waals surface area (Å²) in [4.78, 5) is 20.9. The molecule has 0 bridgehead atoms. The largest absolute Gasteiger partial charge is 0.378 e. The van der Waals surface area contributed by atoms with Crippen molar-refractivity contribution in [3.05, 3.63) is 65.5 Å². The minimum Gasteiger partial charge on any atom is -0.378 e. The first kappa shape index (κ1) is 18.4. The van der Waals surface area contributed by atoms with E-state index in [0.717, 1.165) is 22.0 Å². The van der Waals surface area contributed by atoms with Crippen molar-refractivity contribution in [3.8, 4) is 6.07 Å². The number of pyridine rings is 1. The van der Waals surface area contributed by atoms with E-state index in [1.54, 1.807) is 6.07 Å². The number of benzene rings is 2. The Morgan fingerprint density at radius 2 is 2.04 bits per heavy atom. The molecule has 0 unspecified atom stereocenters. The van der Waals surface area contributed by atoms with Gasteiger partial charge in [0.1, 0.15) is 11.8 Å². The molecule has 2 aromatic carbocycles. The van der Waals surface area contributed by atoms with Crippen LogP contribution in [0, 0.1) is 18.3 Å². The third-order valence-corrected chi connectivity index (χ3v) is 4.52. The number of carbonyl (C=O) groups is 1. The molecule has 3 rings (SSSR count). The maximum atomic E-state index is 12.4. The highest BCUT2D eigenvalue weighted by molar-refractivity contribution is 8.13. The number of nitrogens with one attached hydrogen (secondary N) is 1. The summed E-state index contributed by atoms with van der Waals surface area (Å²) in [5, 5.41) is 14.0. The number of aryl methyl sites for hydroxylation is 1. The monoisotopic (exact) mass is 375 g/mol. The Morgan fingerprint density at radius 1 is 1.26 bits per heavy atom. The number of hydrogen-bond acceptors (Lipinski definition) is 5. The summed E-state index contributed by atoms with van der Waals surface area (Å²) in [6, 6.07) is 14.7. The van der Waals surface area contributed by atoms with Gasteiger partial charge < -0.3 is 11.1 Å². The number of nitrogens with two attached hydrogens (primary N) is 1. The molecule has 3 N–H and O–H groups in total. The lowest BCUT2D eigenvalue weighted by Gasteiger charge is -2.10. The molecule has 0 saturated heterocycles. The van der Waals surface area contributed by atoms with Crippen LogP contribution in [0.5, 0.6) is 0 Å². The second-order valence-corrected chi connectivity index (χ2v) is 6.65. The molecule has 0 fully saturated rings. The van der Waals surface area contributed by atoms with Crippen molar-refractivity contribution < 1.29 is 4.79 Å². The maximum absolute atomic E-state index is 12.4. The van der Waals surface area contributed by atoms with Gasteiger partial charge in [-0.1, -0.05) is 30.0 Å². The van der Waals surface area contributed by atoms with Crippen LogP contribution in [0.2, 0.25) is 0 Å². The van der Waals surface area contributed by atoms with Crippen LogP contribution in [0.1, 0.15) is 21.6 Å². The molecule has 1 amide bonds. The van der Waals surface area contributed by atoms with Gasteiger partial charge in [-0.3, -0.25) is 4.79 Å². The molecule has 0 aliphatic heterocycles. The van der Waals surface area contributed by atoms with E-state index in [1.807, 2.05) is 49.6 Å². The minimum atomic E-state index is -0.347. The fraction of sp³-hybridized carbons (Fsp3) is 0.100. The zero-order chi connectivity index (χ0) is 19.4. The predicted octanol–water partition coefficient (Wildman–Crippen LogP) is 3.98. The van der Waals surface area contributed by atoms with E-state index in [1.165, 1.54) is 24.0 Å². The van der Waals surface area contributed by atoms with Crippen molar-refractivity contribution in [1.82, 2.24) is 4.98 Å². The van der Waals surface area contributed by atoms with Gasteiger partial charge in [0.15, 0.2) is 5.17 Å². The Bertz CT molecular complexity index is 1080. The van der Waals surface area contributed by atoms with Crippen LogP contribution in [-0.4, -0.2) is 22.3 Å². The summed E-state index contributed by atoms with van der Waals surface area (Å²) in [7, 11) is 0. The molecule has 0 aliphatic rings. The highest BCUT2D eigenvalue weighted by atomic mass is 32.2. The molecule has 27 heavy (non-hydrogen) atoms. The standard InChI is InChI=1S/C20H17N5OS/c1-12-3-5-14-6-7-15(9-16(14)18(12)25-20(22)27-2)24-19(26)17-8-4-13(10-21)11-23-17/h3-9,11H,1-2H3,(H2,22,25)(H,24,26). The zero-order valence-corrected chi connectivity index (χ0v) is 15.7. The fourth-order valence-corrected chi connectivity index (χ4v) is 2.77. The Hall–Kier alpha value is -3.37. The van der Waals surface area contributed by atoms with E-state index in [-0.39, 0.29) is 11.6 Å². The van der Waals surface area contributed by atoms with Gasteiger partial charge in [0.2, 0.25) is 0 Å². The summed E-state index contributed by atoms with van der Waals surface area (Å²) >= 11 is 1.38. The van der Waals surface area contributed by atoms with E-state index in [2.05, 4.69) is 15.3 Å². The molecule has 0 atom stereocenters. The number of thioether (sulfide) groups is 1. The van der Waals surface area contributed by atoms with Crippen LogP contribution < -0.4 is 11.1 Å². The number of anilines is 1. The van der Waals surface area contributed by atoms with Crippen molar-refractivity contribution in [3.63, 3.8) is 0 Å². The molecule has 1 aromatic heterocycles. The quantitative estimate of drug-likeness (QED) is 0.532. The molecular weight excluding hydrogens is 358 g/mol. The average molecular weight is 375 g/mol. The van der Waals surface area contributed by atoms with Crippen molar-refractivity contribution in [2.45, 2.75) is 6.92 Å². The summed E-state index contributed by atoms with van der Waals surface area (Å²) in [6.07, 6.45) is 3.24. The van der Waals surface area contributed by atoms with Crippen LogP contribution in [0.15, 0.2) is 53.7 Å². The summed E-state index contributed by atoms with van der Waals surface area (Å²) < 4.78 is 0. The first-order chi connectivity index (χ1) is 13.0. The molecule has 134 valence electrons. The van der Waals surface area contributed by atoms with Crippen LogP contribution in [0.3, 0.4) is 0 Å². The van der Waals surface area contributed by atoms with Gasteiger partial charge in [0.25, 0.3) is 5.91 Å². The topological polar surface area (TPSA) is 104 Å². The molecule has 0 aliphatic carbocycles. The summed E-state index contributed by atoms with van der Waals surface area (Å²) in [6.45, 7) is 1.97. The van der Waals surface area contributed by atoms with Crippen molar-refractivity contribution >= 4 is 45.0 Å². The second-order valence-electron chi connectivity index (χ2n) is 5.82. The number of carbonyl (C=O) groups excluding carboxylic acids is 1. The Morgan fingerprint density at radius 3 is 2.70 bits per heavy atom. The number of hydrogen-bond donors (Lipinski definition) is 2. The molecule has 3 aromatic rings. The van der Waals surface area contributed by atoms with Crippen LogP contribution in [0.25, 0.3) is 10.8 Å². The third kappa shape index (κ3) is 4.07. The van der Waals surface area contributed by atoms with E-state index in [0.29, 0.717) is 16.4 Å². The van der Waals surface area contributed by atoms with Crippen LogP contribution in [-0.2, 0) is 0 Å². The lowest BCUT2D eigenvalue weighted by atomic mass is 10.0. The number of aromatic nitrogens is 1. The Balaban J connectivity index is 1.96. The molecule has 0 radical (unpaired) electrons. The number of rotatable bonds is 3. The zero-order valence-electron chi connectivity index (χ0n) is 14.9. The molecule has 6 nitrogen and oxygen atoms in total. The number of aliphatic imine (C=N–C) groups is 1. The van der Waals surface area contributed by atoms with Crippen molar-refractivity contribution in [1.29, 1.82) is 5.26 Å². The number of amides is 1. The van der Waals surface area contributed by atoms with Gasteiger partial charge in [-0.05, 0) is 48.4 Å². The minimum absolute atomic E-state index is 0.239. The van der Waals surface area contributed by atoms with Gasteiger partial charge >= 0.3 is 0 Å². The normalized spacial score (nSPS) is 11.2. The molecular formula is C20H17N5OS. The number of amidine groups is 1. The molecule has 0 saturated carbocycles. The number of nitrogens with zero attached hydrogens (tertiary/aromatic N) is 3. The van der Waals surface area contributed by atoms with Crippen LogP contribution in [0.4, 0.5) is 11.4 Å². The first-order valence-electron chi connectivity index (χ1n) is 8.11. The van der Waals surface area contributed by atoms with E-state index < -0.39 is 0 Å². The predicted molar refractivity (Wildman–Crippen MR) is 110 cm³/mol. The van der Waals surface area contributed by atoms with Gasteiger partial charge in [-0.15, -0.1) is 0 Å². The van der Waals surface area contributed by atoms with Gasteiger partial charge in [-0.2, -0.15) is 5.26 Å². The van der Waals surface area contributed by atoms with Crippen LogP contribution >= 0.6 is 11.8 Å². The summed E-state index contributed by atoms with van der Waals surface area (Å²) in [5.41, 5.74) is 8.95. The molecule has 0 spiro atoms. The summed E-state index contributed by atoms with van der Waals surface area (Å²) in [5.74, 6) is -0.347. The Labute approximate surface area is 161 Å². The lowest BCUT2D eigenvalue weighted by Crippen LogP contribution is -2.13. The van der Waals surface area contributed by atoms with Gasteiger partial charge in [-0.25, -0.2) is 9.98 Å². The SMILES string of the molecule is CSC(N)=Nc1c(C)ccc2ccc(NC(=O)c3ccc(C#N)cn3)cc12. The highest BCUT2D eigenvalue weighted by Crippen LogP contribution is 2.32. The van der Waals surface area contributed by atoms with E-state index in [4.69, 9.17) is 11.0 Å². The van der Waals surface area contributed by atoms with E-state index >= 15 is 0 Å². The third-order valence-electron chi connectivity index (χ3n) is 4.01. The van der Waals surface area contributed by atoms with Gasteiger partial charge in [0, 0.05) is 17.3 Å². The van der Waals surface area contributed by atoms with Crippen molar-refractivity contribution in [2.75, 3.05) is 11.6 Å².